The zero-order valence-electron chi connectivity index (χ0n) is 16.8. The van der Waals surface area contributed by atoms with Crippen LogP contribution in [0.1, 0.15) is 44.0 Å². The number of rotatable bonds is 11. The van der Waals surface area contributed by atoms with E-state index in [1.807, 2.05) is 6.92 Å². The normalized spacial score (nSPS) is 12.9. The first kappa shape index (κ1) is 23.0. The fraction of sp³-hybridized carbons (Fsp3) is 0.600. The van der Waals surface area contributed by atoms with Crippen molar-refractivity contribution in [2.45, 2.75) is 39.7 Å². The number of amidine groups is 1. The Morgan fingerprint density at radius 1 is 1.30 bits per heavy atom. The quantitative estimate of drug-likeness (QED) is 0.363. The maximum Gasteiger partial charge on any atom is 0.292 e. The van der Waals surface area contributed by atoms with Crippen LogP contribution >= 0.6 is 0 Å². The molecule has 0 unspecified atom stereocenters. The average Bonchev–Trinajstić information content (AvgIpc) is 2.65. The van der Waals surface area contributed by atoms with Crippen LogP contribution in [0.3, 0.4) is 0 Å². The predicted molar refractivity (Wildman–Crippen MR) is 106 cm³/mol. The van der Waals surface area contributed by atoms with Gasteiger partial charge in [-0.2, -0.15) is 0 Å². The molecule has 0 radical (unpaired) electrons. The summed E-state index contributed by atoms with van der Waals surface area (Å²) in [5, 5.41) is 2.63. The fourth-order valence-electron chi connectivity index (χ4n) is 2.54. The van der Waals surface area contributed by atoms with Gasteiger partial charge in [0.1, 0.15) is 12.4 Å². The lowest BCUT2D eigenvalue weighted by atomic mass is 10.2. The summed E-state index contributed by atoms with van der Waals surface area (Å²) in [4.78, 5) is 19.2. The summed E-state index contributed by atoms with van der Waals surface area (Å²) in [6.07, 6.45) is 1.89. The van der Waals surface area contributed by atoms with Crippen LogP contribution in [0, 0.1) is 5.82 Å². The number of hydrogen-bond acceptors (Lipinski definition) is 5. The molecule has 1 N–H and O–H groups in total. The number of amides is 1. The lowest BCUT2D eigenvalue weighted by Crippen LogP contribution is -2.34. The number of ether oxygens (including phenoxy) is 2. The fourth-order valence-corrected chi connectivity index (χ4v) is 2.54. The molecule has 1 rings (SSSR count). The second-order valence-corrected chi connectivity index (χ2v) is 6.26. The first-order chi connectivity index (χ1) is 13.0. The highest BCUT2D eigenvalue weighted by Crippen LogP contribution is 2.06. The molecule has 0 aliphatic carbocycles. The molecule has 152 valence electrons. The van der Waals surface area contributed by atoms with E-state index in [9.17, 15) is 9.18 Å². The smallest absolute Gasteiger partial charge is 0.292 e. The highest BCUT2D eigenvalue weighted by molar-refractivity contribution is 6.04. The number of carbonyl (C=O) groups is 1. The van der Waals surface area contributed by atoms with Gasteiger partial charge < -0.3 is 14.4 Å². The summed E-state index contributed by atoms with van der Waals surface area (Å²) in [5.41, 5.74) is 0.215. The number of hydrogen-bond donors (Lipinski definition) is 1. The van der Waals surface area contributed by atoms with Crippen molar-refractivity contribution in [2.24, 2.45) is 4.99 Å². The Hall–Kier alpha value is -1.99. The summed E-state index contributed by atoms with van der Waals surface area (Å²) >= 11 is 0. The topological polar surface area (TPSA) is 63.2 Å². The van der Waals surface area contributed by atoms with Crippen molar-refractivity contribution in [3.63, 3.8) is 0 Å². The lowest BCUT2D eigenvalue weighted by molar-refractivity contribution is 0.0953. The minimum absolute atomic E-state index is 0.00841. The van der Waals surface area contributed by atoms with Crippen molar-refractivity contribution in [1.82, 2.24) is 10.2 Å². The third-order valence-electron chi connectivity index (χ3n) is 4.16. The summed E-state index contributed by atoms with van der Waals surface area (Å²) in [6, 6.07) is 5.62. The van der Waals surface area contributed by atoms with Gasteiger partial charge in [0.25, 0.3) is 11.9 Å². The SMILES string of the molecule is CCN(CC)CCC[C@@H](C)N=C(NC(=O)c1cccc(F)c1)OCCOC. The number of halogens is 1. The Morgan fingerprint density at radius 2 is 2.04 bits per heavy atom. The molecule has 0 bridgehead atoms. The van der Waals surface area contributed by atoms with Crippen LogP contribution in [-0.2, 0) is 9.47 Å². The van der Waals surface area contributed by atoms with Crippen molar-refractivity contribution < 1.29 is 18.7 Å². The Labute approximate surface area is 161 Å². The van der Waals surface area contributed by atoms with E-state index in [2.05, 4.69) is 29.1 Å². The molecular weight excluding hydrogens is 349 g/mol. The number of nitrogens with one attached hydrogen (secondary N) is 1. The van der Waals surface area contributed by atoms with Crippen molar-refractivity contribution in [3.8, 4) is 0 Å². The molecular formula is C20H32FN3O3. The predicted octanol–water partition coefficient (Wildman–Crippen LogP) is 3.09. The summed E-state index contributed by atoms with van der Waals surface area (Å²) in [5.74, 6) is -0.924. The third-order valence-corrected chi connectivity index (χ3v) is 4.16. The maximum absolute atomic E-state index is 13.3. The average molecular weight is 381 g/mol. The van der Waals surface area contributed by atoms with E-state index in [4.69, 9.17) is 9.47 Å². The van der Waals surface area contributed by atoms with E-state index in [1.54, 1.807) is 13.2 Å². The number of carbonyl (C=O) groups excluding carboxylic acids is 1. The molecule has 0 saturated carbocycles. The maximum atomic E-state index is 13.3. The summed E-state index contributed by atoms with van der Waals surface area (Å²) in [6.45, 7) is 10.0. The molecule has 0 saturated heterocycles. The molecule has 0 heterocycles. The van der Waals surface area contributed by atoms with Gasteiger partial charge in [-0.15, -0.1) is 0 Å². The first-order valence-corrected chi connectivity index (χ1v) is 9.48. The molecule has 1 amide bonds. The van der Waals surface area contributed by atoms with Gasteiger partial charge in [-0.1, -0.05) is 19.9 Å². The molecule has 0 aromatic heterocycles. The van der Waals surface area contributed by atoms with Gasteiger partial charge in [-0.25, -0.2) is 9.38 Å². The minimum atomic E-state index is -0.466. The van der Waals surface area contributed by atoms with E-state index in [-0.39, 0.29) is 24.2 Å². The Bertz CT molecular complexity index is 592. The van der Waals surface area contributed by atoms with E-state index < -0.39 is 11.7 Å². The van der Waals surface area contributed by atoms with Gasteiger partial charge >= 0.3 is 0 Å². The van der Waals surface area contributed by atoms with Crippen molar-refractivity contribution in [1.29, 1.82) is 0 Å². The molecule has 0 spiro atoms. The Balaban J connectivity index is 2.68. The largest absolute Gasteiger partial charge is 0.463 e. The molecule has 1 aromatic rings. The van der Waals surface area contributed by atoms with Crippen LogP contribution in [0.4, 0.5) is 4.39 Å². The van der Waals surface area contributed by atoms with E-state index in [0.717, 1.165) is 32.5 Å². The number of aliphatic imine (C=N–C) groups is 1. The molecule has 6 nitrogen and oxygen atoms in total. The van der Waals surface area contributed by atoms with Gasteiger partial charge in [0.15, 0.2) is 0 Å². The van der Waals surface area contributed by atoms with Gasteiger partial charge in [-0.3, -0.25) is 10.1 Å². The molecule has 1 aromatic carbocycles. The zero-order valence-corrected chi connectivity index (χ0v) is 16.8. The van der Waals surface area contributed by atoms with Gasteiger partial charge in [-0.05, 0) is 57.6 Å². The van der Waals surface area contributed by atoms with Gasteiger partial charge in [0.2, 0.25) is 0 Å². The second-order valence-electron chi connectivity index (χ2n) is 6.26. The highest BCUT2D eigenvalue weighted by Gasteiger charge is 2.13. The van der Waals surface area contributed by atoms with Crippen molar-refractivity contribution >= 4 is 11.9 Å². The Kier molecular flexibility index (Phi) is 11.3. The summed E-state index contributed by atoms with van der Waals surface area (Å²) in [7, 11) is 1.57. The monoisotopic (exact) mass is 381 g/mol. The molecule has 0 aliphatic rings. The van der Waals surface area contributed by atoms with E-state index in [1.165, 1.54) is 18.2 Å². The number of benzene rings is 1. The van der Waals surface area contributed by atoms with Gasteiger partial charge in [0.05, 0.1) is 12.6 Å². The molecule has 1 atom stereocenters. The van der Waals surface area contributed by atoms with Crippen LogP contribution < -0.4 is 5.32 Å². The minimum Gasteiger partial charge on any atom is -0.463 e. The second kappa shape index (κ2) is 13.2. The first-order valence-electron chi connectivity index (χ1n) is 9.48. The van der Waals surface area contributed by atoms with Crippen LogP contribution in [0.5, 0.6) is 0 Å². The van der Waals surface area contributed by atoms with Crippen LogP contribution in [0.15, 0.2) is 29.3 Å². The van der Waals surface area contributed by atoms with Crippen molar-refractivity contribution in [2.75, 3.05) is 40.0 Å². The molecule has 27 heavy (non-hydrogen) atoms. The Morgan fingerprint density at radius 3 is 2.67 bits per heavy atom. The van der Waals surface area contributed by atoms with Gasteiger partial charge in [0, 0.05) is 12.7 Å². The van der Waals surface area contributed by atoms with E-state index in [0.29, 0.717) is 6.61 Å². The standard InChI is InChI=1S/C20H32FN3O3/c1-5-24(6-2)12-8-9-16(3)22-20(27-14-13-26-4)23-19(25)17-10-7-11-18(21)15-17/h7,10-11,15-16H,5-6,8-9,12-14H2,1-4H3,(H,22,23,25)/t16-/m1/s1. The highest BCUT2D eigenvalue weighted by atomic mass is 19.1. The van der Waals surface area contributed by atoms with Crippen LogP contribution in [-0.4, -0.2) is 62.8 Å². The van der Waals surface area contributed by atoms with Crippen LogP contribution in [0.25, 0.3) is 0 Å². The molecule has 7 heteroatoms. The summed E-state index contributed by atoms with van der Waals surface area (Å²) < 4.78 is 23.8. The van der Waals surface area contributed by atoms with E-state index >= 15 is 0 Å². The lowest BCUT2D eigenvalue weighted by Gasteiger charge is -2.18. The number of nitrogens with zero attached hydrogens (tertiary/aromatic N) is 2. The molecule has 0 aliphatic heterocycles. The van der Waals surface area contributed by atoms with Crippen LogP contribution in [0.2, 0.25) is 0 Å². The molecule has 0 fully saturated rings. The zero-order chi connectivity index (χ0) is 20.1. The van der Waals surface area contributed by atoms with Crippen molar-refractivity contribution in [3.05, 3.63) is 35.6 Å². The third kappa shape index (κ3) is 9.49. The number of methoxy groups -OCH3 is 1.